The van der Waals surface area contributed by atoms with Crippen LogP contribution < -0.4 is 0 Å². The minimum absolute atomic E-state index is 0.117. The van der Waals surface area contributed by atoms with Gasteiger partial charge in [0.2, 0.25) is 0 Å². The highest BCUT2D eigenvalue weighted by Gasteiger charge is 2.19. The van der Waals surface area contributed by atoms with E-state index in [1.54, 1.807) is 6.08 Å². The predicted octanol–water partition coefficient (Wildman–Crippen LogP) is 23.3. The molecular formula is C76H122O6. The van der Waals surface area contributed by atoms with Crippen molar-refractivity contribution in [2.45, 2.75) is 290 Å². The maximum Gasteiger partial charge on any atom is 0.309 e. The van der Waals surface area contributed by atoms with E-state index in [9.17, 15) is 14.4 Å². The van der Waals surface area contributed by atoms with E-state index in [2.05, 4.69) is 167 Å². The van der Waals surface area contributed by atoms with Crippen molar-refractivity contribution in [3.05, 3.63) is 158 Å². The number of carbonyl (C=O) groups is 3. The number of allylic oxidation sites excluding steroid dienone is 25. The molecule has 82 heavy (non-hydrogen) atoms. The van der Waals surface area contributed by atoms with Gasteiger partial charge in [0, 0.05) is 12.8 Å². The molecular weight excluding hydrogens is 1010 g/mol. The topological polar surface area (TPSA) is 78.9 Å². The zero-order valence-electron chi connectivity index (χ0n) is 52.9. The van der Waals surface area contributed by atoms with Crippen molar-refractivity contribution >= 4 is 17.9 Å². The average molecular weight is 1130 g/mol. The van der Waals surface area contributed by atoms with Gasteiger partial charge in [0.1, 0.15) is 13.2 Å². The van der Waals surface area contributed by atoms with E-state index >= 15 is 0 Å². The van der Waals surface area contributed by atoms with Crippen LogP contribution in [0.2, 0.25) is 0 Å². The number of hydrogen-bond acceptors (Lipinski definition) is 6. The third-order valence-corrected chi connectivity index (χ3v) is 13.8. The normalized spacial score (nSPS) is 13.2. The smallest absolute Gasteiger partial charge is 0.309 e. The number of hydrogen-bond donors (Lipinski definition) is 0. The van der Waals surface area contributed by atoms with Crippen molar-refractivity contribution in [3.63, 3.8) is 0 Å². The third kappa shape index (κ3) is 65.8. The number of unbranched alkanes of at least 4 members (excludes halogenated alkanes) is 23. The second-order valence-corrected chi connectivity index (χ2v) is 21.6. The third-order valence-electron chi connectivity index (χ3n) is 13.8. The first-order valence-corrected chi connectivity index (χ1v) is 33.5. The van der Waals surface area contributed by atoms with Gasteiger partial charge in [-0.15, -0.1) is 0 Å². The lowest BCUT2D eigenvalue weighted by atomic mass is 10.0. The van der Waals surface area contributed by atoms with Crippen LogP contribution >= 0.6 is 0 Å². The molecule has 0 spiro atoms. The van der Waals surface area contributed by atoms with E-state index in [1.807, 2.05) is 6.08 Å². The van der Waals surface area contributed by atoms with Crippen molar-refractivity contribution in [1.29, 1.82) is 0 Å². The van der Waals surface area contributed by atoms with E-state index in [4.69, 9.17) is 14.2 Å². The van der Waals surface area contributed by atoms with Gasteiger partial charge in [-0.2, -0.15) is 0 Å². The molecule has 1 atom stereocenters. The molecule has 462 valence electrons. The molecule has 0 aromatic heterocycles. The summed E-state index contributed by atoms with van der Waals surface area (Å²) in [5.41, 5.74) is 0. The zero-order chi connectivity index (χ0) is 59.2. The van der Waals surface area contributed by atoms with Crippen LogP contribution in [-0.4, -0.2) is 37.2 Å². The Morgan fingerprint density at radius 1 is 0.268 bits per heavy atom. The largest absolute Gasteiger partial charge is 0.462 e. The van der Waals surface area contributed by atoms with Gasteiger partial charge in [0.05, 0.1) is 6.42 Å². The lowest BCUT2D eigenvalue weighted by molar-refractivity contribution is -0.166. The van der Waals surface area contributed by atoms with Gasteiger partial charge in [-0.25, -0.2) is 0 Å². The van der Waals surface area contributed by atoms with Gasteiger partial charge in [-0.05, 0) is 128 Å². The first kappa shape index (κ1) is 77.0. The van der Waals surface area contributed by atoms with E-state index < -0.39 is 12.1 Å². The molecule has 0 aliphatic heterocycles. The summed E-state index contributed by atoms with van der Waals surface area (Å²) in [4.78, 5) is 38.3. The molecule has 0 saturated carbocycles. The van der Waals surface area contributed by atoms with Crippen LogP contribution in [0.5, 0.6) is 0 Å². The van der Waals surface area contributed by atoms with Crippen molar-refractivity contribution in [3.8, 4) is 0 Å². The number of ether oxygens (including phenoxy) is 3. The molecule has 0 aliphatic rings. The minimum atomic E-state index is -0.831. The molecule has 0 radical (unpaired) electrons. The van der Waals surface area contributed by atoms with E-state index in [0.29, 0.717) is 12.8 Å². The quantitative estimate of drug-likeness (QED) is 0.0261. The summed E-state index contributed by atoms with van der Waals surface area (Å²) in [7, 11) is 0. The fourth-order valence-corrected chi connectivity index (χ4v) is 8.84. The average Bonchev–Trinajstić information content (AvgIpc) is 3.47. The van der Waals surface area contributed by atoms with E-state index in [1.165, 1.54) is 116 Å². The maximum absolute atomic E-state index is 12.9. The van der Waals surface area contributed by atoms with Crippen LogP contribution in [0.4, 0.5) is 0 Å². The molecule has 0 aromatic rings. The summed E-state index contributed by atoms with van der Waals surface area (Å²) in [5, 5.41) is 0. The second kappa shape index (κ2) is 68.5. The van der Waals surface area contributed by atoms with Crippen molar-refractivity contribution in [2.75, 3.05) is 13.2 Å². The number of esters is 3. The molecule has 0 rings (SSSR count). The maximum atomic E-state index is 12.9. The number of carbonyl (C=O) groups excluding carboxylic acids is 3. The Morgan fingerprint density at radius 2 is 0.524 bits per heavy atom. The fraction of sp³-hybridized carbons (Fsp3) is 0.618. The summed E-state index contributed by atoms with van der Waals surface area (Å²) in [5.74, 6) is -1.06. The molecule has 0 N–H and O–H groups in total. The van der Waals surface area contributed by atoms with Gasteiger partial charge >= 0.3 is 17.9 Å². The molecule has 6 heteroatoms. The molecule has 0 aliphatic carbocycles. The van der Waals surface area contributed by atoms with Crippen LogP contribution in [0, 0.1) is 0 Å². The van der Waals surface area contributed by atoms with Gasteiger partial charge < -0.3 is 14.2 Å². The van der Waals surface area contributed by atoms with Gasteiger partial charge in [0.25, 0.3) is 0 Å². The zero-order valence-corrected chi connectivity index (χ0v) is 52.9. The summed E-state index contributed by atoms with van der Waals surface area (Å²) >= 11 is 0. The molecule has 0 amide bonds. The Hall–Kier alpha value is -4.97. The van der Waals surface area contributed by atoms with E-state index in [-0.39, 0.29) is 31.6 Å². The first-order valence-electron chi connectivity index (χ1n) is 33.5. The monoisotopic (exact) mass is 1130 g/mol. The first-order chi connectivity index (χ1) is 40.5. The number of rotatable bonds is 59. The molecule has 0 bridgehead atoms. The van der Waals surface area contributed by atoms with E-state index in [0.717, 1.165) is 128 Å². The van der Waals surface area contributed by atoms with Crippen LogP contribution in [0.1, 0.15) is 284 Å². The second-order valence-electron chi connectivity index (χ2n) is 21.6. The van der Waals surface area contributed by atoms with Crippen LogP contribution in [0.3, 0.4) is 0 Å². The van der Waals surface area contributed by atoms with Crippen molar-refractivity contribution in [2.24, 2.45) is 0 Å². The Bertz CT molecular complexity index is 1830. The summed E-state index contributed by atoms with van der Waals surface area (Å²) in [6.07, 6.45) is 100. The van der Waals surface area contributed by atoms with Crippen LogP contribution in [0.15, 0.2) is 158 Å². The fourth-order valence-electron chi connectivity index (χ4n) is 8.84. The Morgan fingerprint density at radius 3 is 0.866 bits per heavy atom. The molecule has 0 heterocycles. The van der Waals surface area contributed by atoms with Crippen LogP contribution in [-0.2, 0) is 28.6 Å². The van der Waals surface area contributed by atoms with Crippen molar-refractivity contribution in [1.82, 2.24) is 0 Å². The molecule has 6 nitrogen and oxygen atoms in total. The predicted molar refractivity (Wildman–Crippen MR) is 357 cm³/mol. The molecule has 0 saturated heterocycles. The van der Waals surface area contributed by atoms with Crippen molar-refractivity contribution < 1.29 is 28.6 Å². The Balaban J connectivity index is 4.34. The molecule has 1 unspecified atom stereocenters. The van der Waals surface area contributed by atoms with Crippen LogP contribution in [0.25, 0.3) is 0 Å². The standard InChI is InChI=1S/C76H122O6/c1-4-7-10-13-16-19-22-25-28-30-31-32-33-34-35-36-37-38-39-40-41-42-43-44-45-46-49-51-54-57-60-63-66-69-75(78)81-72-73(71-80-74(77)68-65-62-59-56-53-50-47-27-24-21-18-15-12-9-6-3)82-76(79)70-67-64-61-58-55-52-48-29-26-23-20-17-14-11-8-5-2/h7,9-10,12,16,18-19,21,25,27-29,31-32,34-35,37-38,40-41,47-48,53,56,62,65,73H,4-6,8,11,13-15,17,20,22-24,26,30,33,36,39,42-46,49-52,54-55,57-61,63-64,66-72H2,1-3H3/b10-7-,12-9-,19-16-,21-18-,28-25-,32-31-,35-34-,38-37-,41-40-,47-27-,48-29-,56-53-,65-62-. The SMILES string of the molecule is CC/C=C\C/C=C\C/C=C\C/C=C\C/C=C\C/C=C\C/C=C\CCCCCCCCCCCCCC(=O)OCC(COC(=O)C/C=C\C/C=C\C/C=C\C/C=C\C/C=C\CC)OC(=O)CCCCCCC/C=C\CCCCCCCCC. The Kier molecular flexibility index (Phi) is 64.4. The molecule has 0 aromatic carbocycles. The van der Waals surface area contributed by atoms with Gasteiger partial charge in [0.15, 0.2) is 6.10 Å². The highest BCUT2D eigenvalue weighted by atomic mass is 16.6. The highest BCUT2D eigenvalue weighted by Crippen LogP contribution is 2.15. The minimum Gasteiger partial charge on any atom is -0.462 e. The lowest BCUT2D eigenvalue weighted by Crippen LogP contribution is -2.30. The summed E-state index contributed by atoms with van der Waals surface area (Å²) in [6, 6.07) is 0. The van der Waals surface area contributed by atoms with Gasteiger partial charge in [-0.1, -0.05) is 294 Å². The molecule has 0 fully saturated rings. The summed E-state index contributed by atoms with van der Waals surface area (Å²) < 4.78 is 16.8. The Labute approximate surface area is 505 Å². The lowest BCUT2D eigenvalue weighted by Gasteiger charge is -2.18. The highest BCUT2D eigenvalue weighted by molar-refractivity contribution is 5.72. The van der Waals surface area contributed by atoms with Gasteiger partial charge in [-0.3, -0.25) is 14.4 Å². The summed E-state index contributed by atoms with van der Waals surface area (Å²) in [6.45, 7) is 6.32.